The van der Waals surface area contributed by atoms with E-state index in [1.165, 1.54) is 5.56 Å². The zero-order valence-corrected chi connectivity index (χ0v) is 7.19. The average molecular weight is 163 g/mol. The molecule has 0 unspecified atom stereocenters. The Morgan fingerprint density at radius 2 is 2.00 bits per heavy atom. The third-order valence-electron chi connectivity index (χ3n) is 1.38. The van der Waals surface area contributed by atoms with Gasteiger partial charge in [-0.25, -0.2) is 4.85 Å². The van der Waals surface area contributed by atoms with Gasteiger partial charge in [0.25, 0.3) is 0 Å². The van der Waals surface area contributed by atoms with Gasteiger partial charge in [-0.1, -0.05) is 24.3 Å². The first kappa shape index (κ1) is 8.16. The molecule has 0 atom stereocenters. The lowest BCUT2D eigenvalue weighted by atomic mass is 10.2. The van der Waals surface area contributed by atoms with Crippen LogP contribution < -0.4 is 0 Å². The lowest BCUT2D eigenvalue weighted by molar-refractivity contribution is 1.42. The second kappa shape index (κ2) is 4.05. The summed E-state index contributed by atoms with van der Waals surface area (Å²) in [6, 6.07) is 7.73. The van der Waals surface area contributed by atoms with Crippen LogP contribution in [0.1, 0.15) is 5.56 Å². The molecule has 0 bridgehead atoms. The van der Waals surface area contributed by atoms with E-state index in [0.29, 0.717) is 0 Å². The molecule has 1 aromatic rings. The predicted molar refractivity (Wildman–Crippen MR) is 49.9 cm³/mol. The van der Waals surface area contributed by atoms with Crippen molar-refractivity contribution in [1.29, 1.82) is 0 Å². The van der Waals surface area contributed by atoms with Crippen LogP contribution in [0, 0.1) is 6.57 Å². The normalized spacial score (nSPS) is 9.09. The highest BCUT2D eigenvalue weighted by molar-refractivity contribution is 7.97. The van der Waals surface area contributed by atoms with Gasteiger partial charge >= 0.3 is 0 Å². The van der Waals surface area contributed by atoms with Crippen molar-refractivity contribution in [2.75, 3.05) is 6.26 Å². The van der Waals surface area contributed by atoms with E-state index >= 15 is 0 Å². The topological polar surface area (TPSA) is 4.36 Å². The highest BCUT2D eigenvalue weighted by Crippen LogP contribution is 2.15. The molecule has 1 aromatic carbocycles. The Hall–Kier alpha value is -0.940. The standard InChI is InChI=1S/C9H9NS/c1-10-9-5-3-8(4-6-9)7-11-2/h3-6H,7H2,2H3. The zero-order valence-electron chi connectivity index (χ0n) is 6.37. The third kappa shape index (κ3) is 2.28. The Labute approximate surface area is 71.3 Å². The summed E-state index contributed by atoms with van der Waals surface area (Å²) in [6.45, 7) is 6.74. The Balaban J connectivity index is 2.76. The molecule has 1 nitrogen and oxygen atoms in total. The molecule has 11 heavy (non-hydrogen) atoms. The molecular weight excluding hydrogens is 154 g/mol. The van der Waals surface area contributed by atoms with Crippen LogP contribution in [-0.4, -0.2) is 6.26 Å². The average Bonchev–Trinajstić information content (AvgIpc) is 2.07. The van der Waals surface area contributed by atoms with Crippen LogP contribution >= 0.6 is 11.8 Å². The lowest BCUT2D eigenvalue weighted by Crippen LogP contribution is -1.75. The third-order valence-corrected chi connectivity index (χ3v) is 2.00. The van der Waals surface area contributed by atoms with Gasteiger partial charge < -0.3 is 0 Å². The summed E-state index contributed by atoms with van der Waals surface area (Å²) < 4.78 is 0. The summed E-state index contributed by atoms with van der Waals surface area (Å²) in [5.74, 6) is 1.03. The van der Waals surface area contributed by atoms with Gasteiger partial charge in [-0.3, -0.25) is 0 Å². The number of hydrogen-bond donors (Lipinski definition) is 0. The minimum absolute atomic E-state index is 0.717. The van der Waals surface area contributed by atoms with Crippen molar-refractivity contribution in [2.45, 2.75) is 5.75 Å². The van der Waals surface area contributed by atoms with E-state index in [-0.39, 0.29) is 0 Å². The molecular formula is C9H9NS. The van der Waals surface area contributed by atoms with Gasteiger partial charge in [0.05, 0.1) is 6.57 Å². The molecule has 0 saturated carbocycles. The first-order valence-electron chi connectivity index (χ1n) is 3.32. The molecule has 0 saturated heterocycles. The summed E-state index contributed by atoms with van der Waals surface area (Å²) in [4.78, 5) is 3.31. The van der Waals surface area contributed by atoms with E-state index in [1.807, 2.05) is 24.3 Å². The van der Waals surface area contributed by atoms with Crippen LogP contribution in [0.5, 0.6) is 0 Å². The smallest absolute Gasteiger partial charge is 0.187 e. The maximum Gasteiger partial charge on any atom is 0.187 e. The number of thioether (sulfide) groups is 1. The van der Waals surface area contributed by atoms with Gasteiger partial charge in [-0.05, 0) is 11.8 Å². The van der Waals surface area contributed by atoms with Crippen molar-refractivity contribution in [1.82, 2.24) is 0 Å². The summed E-state index contributed by atoms with van der Waals surface area (Å²) in [7, 11) is 0. The molecule has 0 spiro atoms. The quantitative estimate of drug-likeness (QED) is 0.606. The van der Waals surface area contributed by atoms with E-state index < -0.39 is 0 Å². The number of rotatable bonds is 2. The Kier molecular flexibility index (Phi) is 3.00. The molecule has 0 aromatic heterocycles. The van der Waals surface area contributed by atoms with E-state index in [2.05, 4.69) is 11.1 Å². The summed E-state index contributed by atoms with van der Waals surface area (Å²) in [5.41, 5.74) is 2.00. The lowest BCUT2D eigenvalue weighted by Gasteiger charge is -1.96. The predicted octanol–water partition coefficient (Wildman–Crippen LogP) is 3.10. The Morgan fingerprint density at radius 1 is 1.36 bits per heavy atom. The minimum atomic E-state index is 0.717. The monoisotopic (exact) mass is 163 g/mol. The van der Waals surface area contributed by atoms with Gasteiger partial charge in [0.1, 0.15) is 0 Å². The fourth-order valence-electron chi connectivity index (χ4n) is 0.833. The van der Waals surface area contributed by atoms with Crippen molar-refractivity contribution in [3.63, 3.8) is 0 Å². The van der Waals surface area contributed by atoms with Gasteiger partial charge in [-0.2, -0.15) is 11.8 Å². The SMILES string of the molecule is [C-]#[N+]c1ccc(CSC)cc1. The molecule has 56 valence electrons. The number of benzene rings is 1. The van der Waals surface area contributed by atoms with Crippen molar-refractivity contribution in [3.05, 3.63) is 41.2 Å². The Bertz CT molecular complexity index is 258. The van der Waals surface area contributed by atoms with Crippen LogP contribution in [0.2, 0.25) is 0 Å². The summed E-state index contributed by atoms with van der Waals surface area (Å²) in [5, 5.41) is 0. The van der Waals surface area contributed by atoms with Crippen molar-refractivity contribution < 1.29 is 0 Å². The van der Waals surface area contributed by atoms with E-state index in [0.717, 1.165) is 11.4 Å². The first-order valence-corrected chi connectivity index (χ1v) is 4.71. The second-order valence-electron chi connectivity index (χ2n) is 2.21. The molecule has 0 fully saturated rings. The second-order valence-corrected chi connectivity index (χ2v) is 3.08. The molecule has 2 heteroatoms. The zero-order chi connectivity index (χ0) is 8.10. The highest BCUT2D eigenvalue weighted by atomic mass is 32.2. The fourth-order valence-corrected chi connectivity index (χ4v) is 1.36. The molecule has 0 aliphatic heterocycles. The molecule has 0 heterocycles. The highest BCUT2D eigenvalue weighted by Gasteiger charge is 1.91. The van der Waals surface area contributed by atoms with Crippen LogP contribution in [-0.2, 0) is 5.75 Å². The summed E-state index contributed by atoms with van der Waals surface area (Å²) in [6.07, 6.45) is 2.07. The van der Waals surface area contributed by atoms with Gasteiger partial charge in [0, 0.05) is 5.75 Å². The molecule has 0 N–H and O–H groups in total. The van der Waals surface area contributed by atoms with E-state index in [1.54, 1.807) is 11.8 Å². The van der Waals surface area contributed by atoms with Crippen LogP contribution in [0.15, 0.2) is 24.3 Å². The molecule has 0 aliphatic rings. The number of hydrogen-bond acceptors (Lipinski definition) is 1. The summed E-state index contributed by atoms with van der Waals surface area (Å²) >= 11 is 1.79. The van der Waals surface area contributed by atoms with E-state index in [4.69, 9.17) is 6.57 Å². The largest absolute Gasteiger partial charge is 0.238 e. The minimum Gasteiger partial charge on any atom is -0.238 e. The molecule has 1 rings (SSSR count). The fraction of sp³-hybridized carbons (Fsp3) is 0.222. The Morgan fingerprint density at radius 3 is 2.45 bits per heavy atom. The first-order chi connectivity index (χ1) is 5.36. The maximum absolute atomic E-state index is 6.74. The van der Waals surface area contributed by atoms with Crippen LogP contribution in [0.25, 0.3) is 4.85 Å². The molecule has 0 radical (unpaired) electrons. The maximum atomic E-state index is 6.74. The van der Waals surface area contributed by atoms with E-state index in [9.17, 15) is 0 Å². The van der Waals surface area contributed by atoms with Gasteiger partial charge in [0.15, 0.2) is 5.69 Å². The van der Waals surface area contributed by atoms with Crippen LogP contribution in [0.3, 0.4) is 0 Å². The van der Waals surface area contributed by atoms with Crippen molar-refractivity contribution >= 4 is 17.4 Å². The molecule has 0 aliphatic carbocycles. The molecule has 0 amide bonds. The van der Waals surface area contributed by atoms with Crippen molar-refractivity contribution in [2.24, 2.45) is 0 Å². The number of nitrogens with zero attached hydrogens (tertiary/aromatic N) is 1. The van der Waals surface area contributed by atoms with Crippen molar-refractivity contribution in [3.8, 4) is 0 Å². The van der Waals surface area contributed by atoms with Crippen LogP contribution in [0.4, 0.5) is 5.69 Å². The van der Waals surface area contributed by atoms with Gasteiger partial charge in [-0.15, -0.1) is 0 Å². The van der Waals surface area contributed by atoms with Gasteiger partial charge in [0.2, 0.25) is 0 Å².